The van der Waals surface area contributed by atoms with E-state index in [1.165, 1.54) is 22.5 Å². The molecule has 1 aromatic heterocycles. The molecule has 2 unspecified atom stereocenters. The predicted molar refractivity (Wildman–Crippen MR) is 115 cm³/mol. The summed E-state index contributed by atoms with van der Waals surface area (Å²) in [4.78, 5) is 15.1. The highest BCUT2D eigenvalue weighted by atomic mass is 35.5. The van der Waals surface area contributed by atoms with Crippen LogP contribution in [0.25, 0.3) is 0 Å². The number of hydrogen-bond donors (Lipinski definition) is 0. The molecule has 6 nitrogen and oxygen atoms in total. The normalized spacial score (nSPS) is 25.2. The van der Waals surface area contributed by atoms with Gasteiger partial charge in [-0.25, -0.2) is 8.42 Å². The molecular weight excluding hydrogens is 447 g/mol. The van der Waals surface area contributed by atoms with Gasteiger partial charge in [0.25, 0.3) is 0 Å². The molecule has 2 saturated heterocycles. The van der Waals surface area contributed by atoms with Gasteiger partial charge in [-0.15, -0.1) is 6.58 Å². The van der Waals surface area contributed by atoms with Crippen LogP contribution < -0.4 is 0 Å². The molecule has 9 heteroatoms. The van der Waals surface area contributed by atoms with Crippen molar-refractivity contribution >= 4 is 39.1 Å². The molecule has 0 aliphatic carbocycles. The SMILES string of the molecule is C=C[C@H]1CN(Cc2ccco2)C(=O)C2CCCC1N2S(=O)(=O)c1cc(Cl)cc(Cl)c1. The highest BCUT2D eigenvalue weighted by Gasteiger charge is 2.49. The number of amides is 1. The van der Waals surface area contributed by atoms with Crippen molar-refractivity contribution < 1.29 is 17.6 Å². The van der Waals surface area contributed by atoms with Crippen LogP contribution in [0, 0.1) is 5.92 Å². The Morgan fingerprint density at radius 1 is 1.20 bits per heavy atom. The van der Waals surface area contributed by atoms with Crippen LogP contribution in [0.1, 0.15) is 25.0 Å². The highest BCUT2D eigenvalue weighted by molar-refractivity contribution is 7.89. The first-order chi connectivity index (χ1) is 14.3. The van der Waals surface area contributed by atoms with E-state index < -0.39 is 16.1 Å². The zero-order chi connectivity index (χ0) is 21.5. The summed E-state index contributed by atoms with van der Waals surface area (Å²) in [6.07, 6.45) is 5.18. The number of nitrogens with zero attached hydrogens (tertiary/aromatic N) is 2. The van der Waals surface area contributed by atoms with Crippen LogP contribution in [-0.4, -0.2) is 42.2 Å². The van der Waals surface area contributed by atoms with E-state index in [1.807, 2.05) is 0 Å². The lowest BCUT2D eigenvalue weighted by Crippen LogP contribution is -2.54. The maximum absolute atomic E-state index is 13.7. The fourth-order valence-corrected chi connectivity index (χ4v) is 7.03. The largest absolute Gasteiger partial charge is 0.467 e. The summed E-state index contributed by atoms with van der Waals surface area (Å²) >= 11 is 12.1. The van der Waals surface area contributed by atoms with Gasteiger partial charge in [0.05, 0.1) is 17.7 Å². The molecule has 1 aromatic carbocycles. The topological polar surface area (TPSA) is 70.8 Å². The fraction of sp³-hybridized carbons (Fsp3) is 0.381. The summed E-state index contributed by atoms with van der Waals surface area (Å²) in [7, 11) is -4.01. The summed E-state index contributed by atoms with van der Waals surface area (Å²) in [6.45, 7) is 4.59. The van der Waals surface area contributed by atoms with E-state index in [-0.39, 0.29) is 39.4 Å². The minimum Gasteiger partial charge on any atom is -0.467 e. The molecule has 2 bridgehead atoms. The van der Waals surface area contributed by atoms with Gasteiger partial charge in [0.15, 0.2) is 0 Å². The lowest BCUT2D eigenvalue weighted by atomic mass is 9.90. The average molecular weight is 469 g/mol. The summed E-state index contributed by atoms with van der Waals surface area (Å²) in [5.74, 6) is 0.217. The van der Waals surface area contributed by atoms with Gasteiger partial charge in [-0.3, -0.25) is 4.79 Å². The molecule has 0 radical (unpaired) electrons. The number of carbonyl (C=O) groups is 1. The molecule has 2 aliphatic rings. The summed E-state index contributed by atoms with van der Waals surface area (Å²) in [5, 5.41) is 0.458. The summed E-state index contributed by atoms with van der Waals surface area (Å²) in [6, 6.07) is 6.64. The number of carbonyl (C=O) groups excluding carboxylic acids is 1. The molecule has 0 N–H and O–H groups in total. The molecule has 3 heterocycles. The minimum atomic E-state index is -4.01. The number of piperidine rings is 1. The van der Waals surface area contributed by atoms with Gasteiger partial charge in [0, 0.05) is 28.5 Å². The molecule has 0 saturated carbocycles. The van der Waals surface area contributed by atoms with Gasteiger partial charge in [0.1, 0.15) is 11.8 Å². The zero-order valence-electron chi connectivity index (χ0n) is 16.2. The molecule has 2 aromatic rings. The molecule has 1 amide bonds. The van der Waals surface area contributed by atoms with Crippen LogP contribution in [0.5, 0.6) is 0 Å². The average Bonchev–Trinajstić information content (AvgIpc) is 3.20. The third-order valence-electron chi connectivity index (χ3n) is 5.77. The number of fused-ring (bicyclic) bond motifs is 2. The van der Waals surface area contributed by atoms with Gasteiger partial charge in [-0.2, -0.15) is 4.31 Å². The van der Waals surface area contributed by atoms with E-state index in [2.05, 4.69) is 6.58 Å². The Kier molecular flexibility index (Phi) is 5.99. The van der Waals surface area contributed by atoms with Crippen LogP contribution in [0.3, 0.4) is 0 Å². The maximum Gasteiger partial charge on any atom is 0.244 e. The number of benzene rings is 1. The van der Waals surface area contributed by atoms with Gasteiger partial charge >= 0.3 is 0 Å². The smallest absolute Gasteiger partial charge is 0.244 e. The molecule has 4 rings (SSSR count). The molecule has 0 spiro atoms. The Morgan fingerprint density at radius 2 is 1.93 bits per heavy atom. The van der Waals surface area contributed by atoms with Gasteiger partial charge in [0.2, 0.25) is 15.9 Å². The molecule has 3 atom stereocenters. The quantitative estimate of drug-likeness (QED) is 0.611. The van der Waals surface area contributed by atoms with Crippen molar-refractivity contribution in [1.29, 1.82) is 0 Å². The van der Waals surface area contributed by atoms with Gasteiger partial charge < -0.3 is 9.32 Å². The van der Waals surface area contributed by atoms with Crippen molar-refractivity contribution in [3.05, 3.63) is 65.1 Å². The number of rotatable bonds is 5. The molecule has 2 aliphatic heterocycles. The van der Waals surface area contributed by atoms with E-state index in [9.17, 15) is 13.2 Å². The van der Waals surface area contributed by atoms with E-state index in [4.69, 9.17) is 27.6 Å². The van der Waals surface area contributed by atoms with E-state index >= 15 is 0 Å². The van der Waals surface area contributed by atoms with Crippen molar-refractivity contribution in [2.45, 2.75) is 42.8 Å². The van der Waals surface area contributed by atoms with Crippen LogP contribution in [0.15, 0.2) is 58.6 Å². The van der Waals surface area contributed by atoms with E-state index in [0.29, 0.717) is 25.1 Å². The number of sulfonamides is 1. The summed E-state index contributed by atoms with van der Waals surface area (Å²) < 4.78 is 34.1. The predicted octanol–water partition coefficient (Wildman–Crippen LogP) is 4.34. The Labute approximate surface area is 186 Å². The molecule has 160 valence electrons. The van der Waals surface area contributed by atoms with Crippen molar-refractivity contribution in [3.63, 3.8) is 0 Å². The first kappa shape index (κ1) is 21.4. The Balaban J connectivity index is 1.77. The second-order valence-electron chi connectivity index (χ2n) is 7.65. The van der Waals surface area contributed by atoms with Crippen LogP contribution in [-0.2, 0) is 21.4 Å². The van der Waals surface area contributed by atoms with Crippen molar-refractivity contribution in [2.75, 3.05) is 6.54 Å². The first-order valence-corrected chi connectivity index (χ1v) is 11.9. The van der Waals surface area contributed by atoms with Gasteiger partial charge in [-0.05, 0) is 49.6 Å². The molecule has 2 fully saturated rings. The Morgan fingerprint density at radius 3 is 2.57 bits per heavy atom. The minimum absolute atomic E-state index is 0.00741. The Bertz CT molecular complexity index is 1030. The third-order valence-corrected chi connectivity index (χ3v) is 8.12. The zero-order valence-corrected chi connectivity index (χ0v) is 18.5. The standard InChI is InChI=1S/C21H22Cl2N2O4S/c1-2-14-12-24(13-17-5-4-8-29-17)21(26)20-7-3-6-19(14)25(20)30(27,28)18-10-15(22)9-16(23)11-18/h2,4-5,8-11,14,19-20H,1,3,6-7,12-13H2/t14-,19?,20?/m0/s1. The number of hydrogen-bond acceptors (Lipinski definition) is 4. The number of furan rings is 1. The third kappa shape index (κ3) is 3.91. The first-order valence-electron chi connectivity index (χ1n) is 9.74. The second-order valence-corrected chi connectivity index (χ2v) is 10.4. The summed E-state index contributed by atoms with van der Waals surface area (Å²) in [5.41, 5.74) is 0. The van der Waals surface area contributed by atoms with Gasteiger partial charge in [-0.1, -0.05) is 29.3 Å². The van der Waals surface area contributed by atoms with Crippen molar-refractivity contribution in [2.24, 2.45) is 5.92 Å². The van der Waals surface area contributed by atoms with Crippen LogP contribution in [0.4, 0.5) is 0 Å². The second kappa shape index (κ2) is 8.38. The van der Waals surface area contributed by atoms with Crippen LogP contribution in [0.2, 0.25) is 10.0 Å². The van der Waals surface area contributed by atoms with E-state index in [1.54, 1.807) is 29.4 Å². The van der Waals surface area contributed by atoms with Crippen molar-refractivity contribution in [3.8, 4) is 0 Å². The van der Waals surface area contributed by atoms with Crippen molar-refractivity contribution in [1.82, 2.24) is 9.21 Å². The monoisotopic (exact) mass is 468 g/mol. The molecule has 30 heavy (non-hydrogen) atoms. The lowest BCUT2D eigenvalue weighted by molar-refractivity contribution is -0.135. The van der Waals surface area contributed by atoms with E-state index in [0.717, 1.165) is 6.42 Å². The van der Waals surface area contributed by atoms with Crippen LogP contribution >= 0.6 is 23.2 Å². The lowest BCUT2D eigenvalue weighted by Gasteiger charge is -2.40. The highest BCUT2D eigenvalue weighted by Crippen LogP contribution is 2.38. The maximum atomic E-state index is 13.7. The Hall–Kier alpha value is -1.80. The fourth-order valence-electron chi connectivity index (χ4n) is 4.43. The molecular formula is C21H22Cl2N2O4S. The number of halogens is 2.